The van der Waals surface area contributed by atoms with E-state index in [2.05, 4.69) is 0 Å². The highest BCUT2D eigenvalue weighted by atomic mass is 16.8. The molecule has 4 aliphatic heterocycles. The standard InChI is InChI=1S/C42H51NO15/c1-8-42(50)16-28(32-21(34(42)40(49)51-7)12-22-33(37(32)48)36(47)31-20(35(22)46)10-9-11-24(31)44)56-29-13-23(43(5)6)38(18(3)52-29)57-30-15-26-39(19(4)53-30)58-41-27(55-26)14-25(45)17(2)54-41/h9-12,17-19,23,26-30,34,38-39,41,44,48,50H,8,13-16H2,1-7H3/t17-,18-,19-,23-,26-,27+,28-,29-,30+,34-,38+,39+,41-,42+/m0/s1. The SMILES string of the molecule is CC[C@@]1(O)C[C@H](O[C@H]2C[C@H](N(C)C)[C@H](O[C@@H]3C[C@@H]4O[C@@H]5CC(=O)[C@H](C)O[C@H]5O[C@@H]4[C@H](C)O3)[C@H](C)O2)c2c(cc3c(c2O)C(=O)c2c(O)cccc2C3=O)[C@H]1C(=O)OC. The fourth-order valence-electron chi connectivity index (χ4n) is 9.71. The Morgan fingerprint density at radius 1 is 0.897 bits per heavy atom. The number of carbonyl (C=O) groups excluding carboxylic acids is 4. The molecule has 2 aromatic carbocycles. The van der Waals surface area contributed by atoms with E-state index in [0.29, 0.717) is 6.42 Å². The molecule has 58 heavy (non-hydrogen) atoms. The molecule has 4 heterocycles. The third-order valence-corrected chi connectivity index (χ3v) is 12.8. The minimum atomic E-state index is -1.75. The van der Waals surface area contributed by atoms with Gasteiger partial charge in [-0.1, -0.05) is 19.1 Å². The Bertz CT molecular complexity index is 2000. The molecule has 0 aromatic heterocycles. The van der Waals surface area contributed by atoms with Crippen LogP contribution >= 0.6 is 0 Å². The van der Waals surface area contributed by atoms with Crippen molar-refractivity contribution in [2.45, 2.75) is 145 Å². The summed E-state index contributed by atoms with van der Waals surface area (Å²) in [6, 6.07) is 5.18. The third-order valence-electron chi connectivity index (χ3n) is 12.8. The largest absolute Gasteiger partial charge is 0.507 e. The van der Waals surface area contributed by atoms with E-state index in [0.717, 1.165) is 0 Å². The number of aliphatic hydroxyl groups is 1. The van der Waals surface area contributed by atoms with E-state index in [9.17, 15) is 34.5 Å². The highest BCUT2D eigenvalue weighted by molar-refractivity contribution is 6.30. The summed E-state index contributed by atoms with van der Waals surface area (Å²) in [6.45, 7) is 7.13. The molecule has 0 saturated carbocycles. The van der Waals surface area contributed by atoms with Gasteiger partial charge in [0.1, 0.15) is 41.8 Å². The summed E-state index contributed by atoms with van der Waals surface area (Å²) in [7, 11) is 4.98. The Labute approximate surface area is 335 Å². The minimum Gasteiger partial charge on any atom is -0.507 e. The second-order valence-electron chi connectivity index (χ2n) is 16.5. The van der Waals surface area contributed by atoms with Crippen LogP contribution in [0.1, 0.15) is 115 Å². The molecule has 14 atom stereocenters. The fraction of sp³-hybridized carbons (Fsp3) is 0.619. The number of hydrogen-bond acceptors (Lipinski definition) is 16. The number of nitrogens with zero attached hydrogens (tertiary/aromatic N) is 1. The van der Waals surface area contributed by atoms with Gasteiger partial charge in [-0.2, -0.15) is 0 Å². The van der Waals surface area contributed by atoms with Crippen LogP contribution in [0.4, 0.5) is 0 Å². The lowest BCUT2D eigenvalue weighted by atomic mass is 9.67. The molecule has 3 N–H and O–H groups in total. The number of carbonyl (C=O) groups is 4. The van der Waals surface area contributed by atoms with Crippen LogP contribution in [0, 0.1) is 0 Å². The molecule has 0 spiro atoms. The molecule has 6 aliphatic rings. The monoisotopic (exact) mass is 809 g/mol. The normalized spacial score (nSPS) is 38.3. The van der Waals surface area contributed by atoms with Gasteiger partial charge in [0, 0.05) is 48.4 Å². The second-order valence-corrected chi connectivity index (χ2v) is 16.5. The van der Waals surface area contributed by atoms with E-state index in [1.165, 1.54) is 31.4 Å². The number of rotatable bonds is 7. The molecular formula is C42H51NO15. The van der Waals surface area contributed by atoms with Gasteiger partial charge in [-0.3, -0.25) is 19.2 Å². The van der Waals surface area contributed by atoms with Crippen LogP contribution < -0.4 is 0 Å². The number of Topliss-reactive ketones (excluding diaryl/α,β-unsaturated/α-hetero) is 1. The van der Waals surface area contributed by atoms with Crippen molar-refractivity contribution in [1.29, 1.82) is 0 Å². The van der Waals surface area contributed by atoms with Crippen LogP contribution in [0.2, 0.25) is 0 Å². The number of ether oxygens (including phenoxy) is 8. The van der Waals surface area contributed by atoms with Crippen LogP contribution in [0.3, 0.4) is 0 Å². The van der Waals surface area contributed by atoms with Crippen LogP contribution in [-0.2, 0) is 47.5 Å². The first kappa shape index (κ1) is 40.9. The van der Waals surface area contributed by atoms with Gasteiger partial charge in [-0.15, -0.1) is 0 Å². The number of hydrogen-bond donors (Lipinski definition) is 3. The molecule has 2 aromatic rings. The summed E-state index contributed by atoms with van der Waals surface area (Å²) in [4.78, 5) is 55.6. The molecule has 0 amide bonds. The fourth-order valence-corrected chi connectivity index (χ4v) is 9.71. The van der Waals surface area contributed by atoms with Gasteiger partial charge >= 0.3 is 5.97 Å². The van der Waals surface area contributed by atoms with Crippen molar-refractivity contribution in [3.8, 4) is 11.5 Å². The molecule has 314 valence electrons. The Balaban J connectivity index is 1.06. The Morgan fingerprint density at radius 2 is 1.62 bits per heavy atom. The zero-order chi connectivity index (χ0) is 41.5. The van der Waals surface area contributed by atoms with Crippen molar-refractivity contribution in [3.05, 3.63) is 57.6 Å². The van der Waals surface area contributed by atoms with Gasteiger partial charge in [-0.25, -0.2) is 0 Å². The van der Waals surface area contributed by atoms with Crippen molar-refractivity contribution >= 4 is 23.3 Å². The van der Waals surface area contributed by atoms with Gasteiger partial charge in [0.15, 0.2) is 30.4 Å². The lowest BCUT2D eigenvalue weighted by Crippen LogP contribution is -2.62. The van der Waals surface area contributed by atoms with E-state index >= 15 is 0 Å². The van der Waals surface area contributed by atoms with Gasteiger partial charge < -0.3 is 58.1 Å². The summed E-state index contributed by atoms with van der Waals surface area (Å²) in [5, 5.41) is 34.8. The number of aromatic hydroxyl groups is 2. The topological polar surface area (TPSA) is 206 Å². The third kappa shape index (κ3) is 6.76. The first-order chi connectivity index (χ1) is 27.5. The zero-order valence-electron chi connectivity index (χ0n) is 33.5. The minimum absolute atomic E-state index is 0.0407. The summed E-state index contributed by atoms with van der Waals surface area (Å²) < 4.78 is 49.6. The molecule has 8 rings (SSSR count). The molecule has 4 saturated heterocycles. The van der Waals surface area contributed by atoms with Crippen LogP contribution in [0.25, 0.3) is 0 Å². The predicted octanol–water partition coefficient (Wildman–Crippen LogP) is 3.17. The molecule has 4 fully saturated rings. The van der Waals surface area contributed by atoms with Gasteiger partial charge in [0.2, 0.25) is 5.78 Å². The number of benzene rings is 2. The number of esters is 1. The number of phenolic OH excluding ortho intramolecular Hbond substituents is 2. The summed E-state index contributed by atoms with van der Waals surface area (Å²) in [5.41, 5.74) is -2.42. The molecule has 0 bridgehead atoms. The Kier molecular flexibility index (Phi) is 10.8. The van der Waals surface area contributed by atoms with Crippen molar-refractivity contribution in [3.63, 3.8) is 0 Å². The molecule has 16 nitrogen and oxygen atoms in total. The van der Waals surface area contributed by atoms with Crippen molar-refractivity contribution in [2.24, 2.45) is 0 Å². The second kappa shape index (κ2) is 15.3. The average molecular weight is 810 g/mol. The maximum absolute atomic E-state index is 13.9. The van der Waals surface area contributed by atoms with Gasteiger partial charge in [0.05, 0.1) is 48.3 Å². The number of methoxy groups -OCH3 is 1. The number of fused-ring (bicyclic) bond motifs is 5. The van der Waals surface area contributed by atoms with Crippen LogP contribution in [0.15, 0.2) is 24.3 Å². The van der Waals surface area contributed by atoms with Crippen LogP contribution in [0.5, 0.6) is 11.5 Å². The maximum atomic E-state index is 13.9. The quantitative estimate of drug-likeness (QED) is 0.293. The lowest BCUT2D eigenvalue weighted by molar-refractivity contribution is -0.371. The molecule has 16 heteroatoms. The van der Waals surface area contributed by atoms with E-state index in [-0.39, 0.29) is 70.9 Å². The highest BCUT2D eigenvalue weighted by Crippen LogP contribution is 2.54. The van der Waals surface area contributed by atoms with E-state index < -0.39 is 108 Å². The molecule has 2 aliphatic carbocycles. The summed E-state index contributed by atoms with van der Waals surface area (Å²) in [5.74, 6) is -4.59. The summed E-state index contributed by atoms with van der Waals surface area (Å²) >= 11 is 0. The molecular weight excluding hydrogens is 758 g/mol. The molecule has 0 unspecified atom stereocenters. The van der Waals surface area contributed by atoms with Crippen LogP contribution in [-0.4, -0.2) is 138 Å². The number of phenols is 2. The molecule has 0 radical (unpaired) electrons. The first-order valence-electron chi connectivity index (χ1n) is 19.9. The lowest BCUT2D eigenvalue weighted by Gasteiger charge is -2.51. The average Bonchev–Trinajstić information content (AvgIpc) is 3.17. The van der Waals surface area contributed by atoms with E-state index in [1.54, 1.807) is 13.8 Å². The number of likely N-dealkylation sites (N-methyl/N-ethyl adjacent to an activating group) is 1. The first-order valence-corrected chi connectivity index (χ1v) is 19.9. The van der Waals surface area contributed by atoms with Gasteiger partial charge in [0.25, 0.3) is 0 Å². The van der Waals surface area contributed by atoms with E-state index in [4.69, 9.17) is 37.9 Å². The smallest absolute Gasteiger partial charge is 0.316 e. The zero-order valence-corrected chi connectivity index (χ0v) is 33.5. The van der Waals surface area contributed by atoms with Gasteiger partial charge in [-0.05, 0) is 59.0 Å². The Morgan fingerprint density at radius 3 is 2.33 bits per heavy atom. The van der Waals surface area contributed by atoms with E-state index in [1.807, 2.05) is 32.8 Å². The highest BCUT2D eigenvalue weighted by Gasteiger charge is 2.54. The predicted molar refractivity (Wildman–Crippen MR) is 199 cm³/mol. The van der Waals surface area contributed by atoms with Crippen molar-refractivity contribution in [2.75, 3.05) is 21.2 Å². The van der Waals surface area contributed by atoms with Crippen molar-refractivity contribution in [1.82, 2.24) is 4.90 Å². The maximum Gasteiger partial charge on any atom is 0.316 e. The van der Waals surface area contributed by atoms with Crippen molar-refractivity contribution < 1.29 is 72.4 Å². The Hall–Kier alpha value is -3.84. The summed E-state index contributed by atoms with van der Waals surface area (Å²) in [6.07, 6.45) is -6.13. The number of ketones is 3.